The molecule has 1 heterocycles. The van der Waals surface area contributed by atoms with Crippen LogP contribution < -0.4 is 5.32 Å². The van der Waals surface area contributed by atoms with Crippen LogP contribution >= 0.6 is 0 Å². The van der Waals surface area contributed by atoms with Gasteiger partial charge in [0.2, 0.25) is 0 Å². The molecule has 0 radical (unpaired) electrons. The number of amides is 1. The summed E-state index contributed by atoms with van der Waals surface area (Å²) in [5.74, 6) is -0.392. The first kappa shape index (κ1) is 16.4. The number of carbonyl (C=O) groups is 2. The van der Waals surface area contributed by atoms with Crippen LogP contribution in [0.25, 0.3) is 11.4 Å². The number of esters is 1. The van der Waals surface area contributed by atoms with E-state index in [-0.39, 0.29) is 5.69 Å². The predicted molar refractivity (Wildman–Crippen MR) is 92.7 cm³/mol. The Balaban J connectivity index is 1.80. The van der Waals surface area contributed by atoms with Crippen molar-refractivity contribution in [3.8, 4) is 11.4 Å². The first-order chi connectivity index (χ1) is 12.2. The Hall–Kier alpha value is -3.41. The maximum atomic E-state index is 12.5. The Bertz CT molecular complexity index is 860. The lowest BCUT2D eigenvalue weighted by Crippen LogP contribution is -2.34. The molecule has 0 saturated carbocycles. The van der Waals surface area contributed by atoms with Crippen molar-refractivity contribution in [3.63, 3.8) is 0 Å². The number of nitrogens with zero attached hydrogens (tertiary/aromatic N) is 1. The molecule has 1 amide bonds. The summed E-state index contributed by atoms with van der Waals surface area (Å²) in [5.41, 5.74) is 1.78. The Morgan fingerprint density at radius 3 is 2.32 bits per heavy atom. The van der Waals surface area contributed by atoms with Crippen molar-refractivity contribution in [1.82, 2.24) is 15.3 Å². The van der Waals surface area contributed by atoms with Crippen LogP contribution in [0.1, 0.15) is 22.1 Å². The molecule has 1 atom stereocenters. The van der Waals surface area contributed by atoms with Gasteiger partial charge in [0.05, 0.1) is 13.3 Å². The van der Waals surface area contributed by atoms with Crippen molar-refractivity contribution >= 4 is 11.9 Å². The minimum absolute atomic E-state index is 0.267. The molecular weight excluding hydrogens is 318 g/mol. The number of H-pyrrole nitrogens is 1. The van der Waals surface area contributed by atoms with Gasteiger partial charge in [0.1, 0.15) is 11.5 Å². The Morgan fingerprint density at radius 2 is 1.68 bits per heavy atom. The second-order valence-corrected chi connectivity index (χ2v) is 5.35. The summed E-state index contributed by atoms with van der Waals surface area (Å²) in [6, 6.07) is 17.5. The second kappa shape index (κ2) is 7.44. The van der Waals surface area contributed by atoms with Gasteiger partial charge in [-0.1, -0.05) is 60.7 Å². The maximum absolute atomic E-state index is 12.5. The summed E-state index contributed by atoms with van der Waals surface area (Å²) in [7, 11) is 1.29. The molecule has 2 N–H and O–H groups in total. The summed E-state index contributed by atoms with van der Waals surface area (Å²) in [4.78, 5) is 31.7. The van der Waals surface area contributed by atoms with Crippen LogP contribution in [0, 0.1) is 0 Å². The zero-order valence-corrected chi connectivity index (χ0v) is 13.6. The summed E-state index contributed by atoms with van der Waals surface area (Å²) in [6.45, 7) is 0. The summed E-state index contributed by atoms with van der Waals surface area (Å²) >= 11 is 0. The van der Waals surface area contributed by atoms with Gasteiger partial charge in [-0.15, -0.1) is 0 Å². The van der Waals surface area contributed by atoms with E-state index in [1.807, 2.05) is 36.4 Å². The molecule has 0 aliphatic carbocycles. The second-order valence-electron chi connectivity index (χ2n) is 5.35. The molecule has 0 unspecified atom stereocenters. The van der Waals surface area contributed by atoms with Gasteiger partial charge in [-0.3, -0.25) is 4.79 Å². The van der Waals surface area contributed by atoms with Crippen molar-refractivity contribution in [2.24, 2.45) is 0 Å². The molecule has 3 rings (SSSR count). The van der Waals surface area contributed by atoms with Crippen LogP contribution in [-0.4, -0.2) is 29.0 Å². The van der Waals surface area contributed by atoms with E-state index < -0.39 is 17.9 Å². The number of rotatable bonds is 5. The van der Waals surface area contributed by atoms with Gasteiger partial charge in [-0.2, -0.15) is 0 Å². The largest absolute Gasteiger partial charge is 0.467 e. The highest BCUT2D eigenvalue weighted by molar-refractivity contribution is 5.95. The van der Waals surface area contributed by atoms with Crippen molar-refractivity contribution < 1.29 is 14.3 Å². The lowest BCUT2D eigenvalue weighted by molar-refractivity contribution is -0.143. The fraction of sp³-hybridized carbons (Fsp3) is 0.105. The minimum atomic E-state index is -0.887. The highest BCUT2D eigenvalue weighted by Crippen LogP contribution is 2.17. The topological polar surface area (TPSA) is 84.1 Å². The number of imidazole rings is 1. The van der Waals surface area contributed by atoms with Crippen molar-refractivity contribution in [1.29, 1.82) is 0 Å². The summed E-state index contributed by atoms with van der Waals surface area (Å²) < 4.78 is 4.80. The van der Waals surface area contributed by atoms with Gasteiger partial charge in [0, 0.05) is 5.56 Å². The van der Waals surface area contributed by atoms with Crippen molar-refractivity contribution in [3.05, 3.63) is 78.1 Å². The number of nitrogens with one attached hydrogen (secondary N) is 2. The molecule has 0 saturated heterocycles. The van der Waals surface area contributed by atoms with E-state index in [4.69, 9.17) is 4.74 Å². The SMILES string of the molecule is COC(=O)[C@H](NC(=O)c1cnc(-c2ccccc2)[nH]1)c1ccccc1. The zero-order valence-electron chi connectivity index (χ0n) is 13.6. The molecule has 6 heteroatoms. The quantitative estimate of drug-likeness (QED) is 0.702. The lowest BCUT2D eigenvalue weighted by Gasteiger charge is -2.16. The van der Waals surface area contributed by atoms with Crippen LogP contribution in [0.2, 0.25) is 0 Å². The van der Waals surface area contributed by atoms with Crippen LogP contribution in [0.15, 0.2) is 66.9 Å². The number of benzene rings is 2. The first-order valence-electron chi connectivity index (χ1n) is 7.73. The first-order valence-corrected chi connectivity index (χ1v) is 7.73. The highest BCUT2D eigenvalue weighted by atomic mass is 16.5. The molecule has 0 aliphatic heterocycles. The van der Waals surface area contributed by atoms with E-state index in [2.05, 4.69) is 15.3 Å². The third-order valence-corrected chi connectivity index (χ3v) is 3.71. The predicted octanol–water partition coefficient (Wildman–Crippen LogP) is 2.72. The Kier molecular flexibility index (Phi) is 4.89. The van der Waals surface area contributed by atoms with E-state index in [1.165, 1.54) is 13.3 Å². The van der Waals surface area contributed by atoms with E-state index in [0.29, 0.717) is 11.4 Å². The van der Waals surface area contributed by atoms with Gasteiger partial charge in [-0.25, -0.2) is 9.78 Å². The normalized spacial score (nSPS) is 11.6. The molecule has 0 fully saturated rings. The van der Waals surface area contributed by atoms with Gasteiger partial charge >= 0.3 is 5.97 Å². The molecule has 0 bridgehead atoms. The minimum Gasteiger partial charge on any atom is -0.467 e. The molecular formula is C19H17N3O3. The van der Waals surface area contributed by atoms with Crippen LogP contribution in [0.4, 0.5) is 0 Å². The van der Waals surface area contributed by atoms with Crippen molar-refractivity contribution in [2.75, 3.05) is 7.11 Å². The third kappa shape index (κ3) is 3.74. The van der Waals surface area contributed by atoms with E-state index in [1.54, 1.807) is 24.3 Å². The molecule has 126 valence electrons. The molecule has 0 spiro atoms. The van der Waals surface area contributed by atoms with Crippen molar-refractivity contribution in [2.45, 2.75) is 6.04 Å². The third-order valence-electron chi connectivity index (χ3n) is 3.71. The van der Waals surface area contributed by atoms with Crippen LogP contribution in [0.5, 0.6) is 0 Å². The zero-order chi connectivity index (χ0) is 17.6. The highest BCUT2D eigenvalue weighted by Gasteiger charge is 2.24. The number of aromatic nitrogens is 2. The monoisotopic (exact) mass is 335 g/mol. The molecule has 25 heavy (non-hydrogen) atoms. The van der Waals surface area contributed by atoms with E-state index in [9.17, 15) is 9.59 Å². The molecule has 3 aromatic rings. The number of aromatic amines is 1. The Morgan fingerprint density at radius 1 is 1.04 bits per heavy atom. The number of methoxy groups -OCH3 is 1. The average Bonchev–Trinajstić information content (AvgIpc) is 3.17. The molecule has 0 aliphatic rings. The summed E-state index contributed by atoms with van der Waals surface area (Å²) in [5, 5.41) is 2.68. The van der Waals surface area contributed by atoms with Gasteiger partial charge in [-0.05, 0) is 5.56 Å². The lowest BCUT2D eigenvalue weighted by atomic mass is 10.1. The molecule has 6 nitrogen and oxygen atoms in total. The van der Waals surface area contributed by atoms with Gasteiger partial charge < -0.3 is 15.0 Å². The number of ether oxygens (including phenoxy) is 1. The van der Waals surface area contributed by atoms with Gasteiger partial charge in [0.25, 0.3) is 5.91 Å². The van der Waals surface area contributed by atoms with Crippen LogP contribution in [0.3, 0.4) is 0 Å². The fourth-order valence-electron chi connectivity index (χ4n) is 2.43. The Labute approximate surface area is 144 Å². The molecule has 1 aromatic heterocycles. The number of hydrogen-bond acceptors (Lipinski definition) is 4. The summed E-state index contributed by atoms with van der Waals surface area (Å²) in [6.07, 6.45) is 1.44. The van der Waals surface area contributed by atoms with E-state index >= 15 is 0 Å². The van der Waals surface area contributed by atoms with E-state index in [0.717, 1.165) is 5.56 Å². The van der Waals surface area contributed by atoms with Crippen LogP contribution in [-0.2, 0) is 9.53 Å². The number of carbonyl (C=O) groups excluding carboxylic acids is 2. The number of hydrogen-bond donors (Lipinski definition) is 2. The fourth-order valence-corrected chi connectivity index (χ4v) is 2.43. The smallest absolute Gasteiger partial charge is 0.333 e. The van der Waals surface area contributed by atoms with Gasteiger partial charge in [0.15, 0.2) is 6.04 Å². The maximum Gasteiger partial charge on any atom is 0.333 e. The standard InChI is InChI=1S/C19H17N3O3/c1-25-19(24)16(13-8-4-2-5-9-13)22-18(23)15-12-20-17(21-15)14-10-6-3-7-11-14/h2-12,16H,1H3,(H,20,21)(H,22,23)/t16-/m1/s1. The molecule has 2 aromatic carbocycles. The average molecular weight is 335 g/mol.